The molecule has 23 heavy (non-hydrogen) atoms. The first kappa shape index (κ1) is 14.5. The topological polar surface area (TPSA) is 46.3 Å². The van der Waals surface area contributed by atoms with Crippen molar-refractivity contribution in [2.45, 2.75) is 51.0 Å². The summed E-state index contributed by atoms with van der Waals surface area (Å²) in [6.07, 6.45) is 5.13. The van der Waals surface area contributed by atoms with Gasteiger partial charge in [0.25, 0.3) is 0 Å². The van der Waals surface area contributed by atoms with Crippen LogP contribution >= 0.6 is 0 Å². The molecule has 0 saturated carbocycles. The molecule has 0 N–H and O–H groups in total. The van der Waals surface area contributed by atoms with Gasteiger partial charge in [0.15, 0.2) is 5.76 Å². The number of aromatic nitrogens is 1. The third-order valence-electron chi connectivity index (χ3n) is 5.18. The van der Waals surface area contributed by atoms with Crippen molar-refractivity contribution in [1.29, 1.82) is 0 Å². The number of nitrogens with zero attached hydrogens (tertiary/aromatic N) is 2. The summed E-state index contributed by atoms with van der Waals surface area (Å²) < 4.78 is 5.44. The number of carbonyl (C=O) groups is 1. The van der Waals surface area contributed by atoms with Gasteiger partial charge in [0.2, 0.25) is 5.91 Å². The first-order valence-corrected chi connectivity index (χ1v) is 8.55. The molecule has 2 heterocycles. The fourth-order valence-corrected chi connectivity index (χ4v) is 4.08. The molecule has 0 unspecified atom stereocenters. The fourth-order valence-electron chi connectivity index (χ4n) is 4.08. The lowest BCUT2D eigenvalue weighted by atomic mass is 9.82. The van der Waals surface area contributed by atoms with Gasteiger partial charge in [-0.3, -0.25) is 4.79 Å². The van der Waals surface area contributed by atoms with Crippen molar-refractivity contribution in [2.75, 3.05) is 6.54 Å². The Morgan fingerprint density at radius 3 is 2.96 bits per heavy atom. The van der Waals surface area contributed by atoms with Crippen LogP contribution in [0.5, 0.6) is 0 Å². The van der Waals surface area contributed by atoms with E-state index in [1.807, 2.05) is 24.0 Å². The van der Waals surface area contributed by atoms with Crippen LogP contribution in [-0.4, -0.2) is 22.5 Å². The molecule has 2 atom stereocenters. The van der Waals surface area contributed by atoms with E-state index >= 15 is 0 Å². The Hall–Kier alpha value is -2.10. The SMILES string of the molecule is Cc1cc([C@@H]2CCCN2C(=O)[C@H]2CCCc3ccccc32)on1. The lowest BCUT2D eigenvalue weighted by molar-refractivity contribution is -0.134. The van der Waals surface area contributed by atoms with E-state index in [2.05, 4.69) is 23.4 Å². The van der Waals surface area contributed by atoms with Gasteiger partial charge in [0.05, 0.1) is 17.7 Å². The predicted molar refractivity (Wildman–Crippen MR) is 87.0 cm³/mol. The van der Waals surface area contributed by atoms with Gasteiger partial charge in [-0.1, -0.05) is 29.4 Å². The van der Waals surface area contributed by atoms with Crippen molar-refractivity contribution in [2.24, 2.45) is 0 Å². The van der Waals surface area contributed by atoms with Crippen LogP contribution in [-0.2, 0) is 11.2 Å². The molecule has 2 aliphatic rings. The standard InChI is InChI=1S/C19H22N2O2/c1-13-12-18(23-20-13)17-10-5-11-21(17)19(22)16-9-4-7-14-6-2-3-8-15(14)16/h2-3,6,8,12,16-17H,4-5,7,9-11H2,1H3/t16-,17-/m0/s1. The van der Waals surface area contributed by atoms with Crippen molar-refractivity contribution in [3.05, 3.63) is 52.9 Å². The third kappa shape index (κ3) is 2.56. The number of rotatable bonds is 2. The molecule has 1 saturated heterocycles. The Morgan fingerprint density at radius 2 is 2.13 bits per heavy atom. The van der Waals surface area contributed by atoms with Crippen molar-refractivity contribution >= 4 is 5.91 Å². The molecule has 4 nitrogen and oxygen atoms in total. The highest BCUT2D eigenvalue weighted by Gasteiger charge is 2.37. The highest BCUT2D eigenvalue weighted by Crippen LogP contribution is 2.38. The summed E-state index contributed by atoms with van der Waals surface area (Å²) >= 11 is 0. The number of hydrogen-bond acceptors (Lipinski definition) is 3. The Bertz CT molecular complexity index is 722. The van der Waals surface area contributed by atoms with Crippen LogP contribution < -0.4 is 0 Å². The summed E-state index contributed by atoms with van der Waals surface area (Å²) in [6, 6.07) is 10.4. The number of carbonyl (C=O) groups excluding carboxylic acids is 1. The van der Waals surface area contributed by atoms with Crippen LogP contribution in [0.25, 0.3) is 0 Å². The number of aryl methyl sites for hydroxylation is 2. The first-order chi connectivity index (χ1) is 11.2. The van der Waals surface area contributed by atoms with Gasteiger partial charge in [0.1, 0.15) is 0 Å². The van der Waals surface area contributed by atoms with E-state index in [-0.39, 0.29) is 17.9 Å². The summed E-state index contributed by atoms with van der Waals surface area (Å²) in [5.74, 6) is 1.09. The Morgan fingerprint density at radius 1 is 1.26 bits per heavy atom. The second kappa shape index (κ2) is 5.84. The molecule has 4 rings (SSSR count). The summed E-state index contributed by atoms with van der Waals surface area (Å²) in [4.78, 5) is 15.2. The van der Waals surface area contributed by atoms with Crippen LogP contribution in [0.3, 0.4) is 0 Å². The molecule has 1 fully saturated rings. The lowest BCUT2D eigenvalue weighted by Gasteiger charge is -2.31. The van der Waals surface area contributed by atoms with Crippen molar-refractivity contribution in [3.8, 4) is 0 Å². The zero-order valence-electron chi connectivity index (χ0n) is 13.5. The van der Waals surface area contributed by atoms with E-state index < -0.39 is 0 Å². The molecule has 1 amide bonds. The van der Waals surface area contributed by atoms with Crippen LogP contribution in [0.15, 0.2) is 34.9 Å². The molecule has 1 aromatic carbocycles. The second-order valence-electron chi connectivity index (χ2n) is 6.70. The van der Waals surface area contributed by atoms with Gasteiger partial charge in [-0.05, 0) is 50.2 Å². The predicted octanol–water partition coefficient (Wildman–Crippen LogP) is 3.77. The van der Waals surface area contributed by atoms with Gasteiger partial charge in [-0.2, -0.15) is 0 Å². The average molecular weight is 310 g/mol. The normalized spacial score (nSPS) is 23.8. The van der Waals surface area contributed by atoms with Crippen LogP contribution in [0, 0.1) is 6.92 Å². The Kier molecular flexibility index (Phi) is 3.68. The Balaban J connectivity index is 1.62. The van der Waals surface area contributed by atoms with E-state index in [0.717, 1.165) is 50.1 Å². The van der Waals surface area contributed by atoms with Gasteiger partial charge in [0, 0.05) is 12.6 Å². The molecule has 4 heteroatoms. The smallest absolute Gasteiger partial charge is 0.230 e. The largest absolute Gasteiger partial charge is 0.359 e. The average Bonchev–Trinajstić information content (AvgIpc) is 3.22. The molecule has 1 aliphatic heterocycles. The minimum absolute atomic E-state index is 0.00423. The maximum atomic E-state index is 13.2. The van der Waals surface area contributed by atoms with E-state index in [1.165, 1.54) is 11.1 Å². The maximum absolute atomic E-state index is 13.2. The zero-order chi connectivity index (χ0) is 15.8. The molecular formula is C19H22N2O2. The molecule has 0 bridgehead atoms. The molecule has 1 aromatic heterocycles. The molecular weight excluding hydrogens is 288 g/mol. The van der Waals surface area contributed by atoms with Crippen LogP contribution in [0.4, 0.5) is 0 Å². The van der Waals surface area contributed by atoms with Gasteiger partial charge in [-0.15, -0.1) is 0 Å². The summed E-state index contributed by atoms with van der Waals surface area (Å²) in [5, 5.41) is 3.99. The summed E-state index contributed by atoms with van der Waals surface area (Å²) in [6.45, 7) is 2.74. The molecule has 1 aliphatic carbocycles. The third-order valence-corrected chi connectivity index (χ3v) is 5.18. The van der Waals surface area contributed by atoms with Crippen molar-refractivity contribution in [3.63, 3.8) is 0 Å². The minimum atomic E-state index is 0.00423. The maximum Gasteiger partial charge on any atom is 0.230 e. The molecule has 0 spiro atoms. The highest BCUT2D eigenvalue weighted by atomic mass is 16.5. The van der Waals surface area contributed by atoms with Crippen molar-refractivity contribution in [1.82, 2.24) is 10.1 Å². The number of likely N-dealkylation sites (tertiary alicyclic amines) is 1. The van der Waals surface area contributed by atoms with Gasteiger partial charge < -0.3 is 9.42 Å². The van der Waals surface area contributed by atoms with E-state index in [1.54, 1.807) is 0 Å². The first-order valence-electron chi connectivity index (χ1n) is 8.55. The second-order valence-corrected chi connectivity index (χ2v) is 6.70. The molecule has 120 valence electrons. The highest BCUT2D eigenvalue weighted by molar-refractivity contribution is 5.85. The number of hydrogen-bond donors (Lipinski definition) is 0. The number of amides is 1. The van der Waals surface area contributed by atoms with Crippen LogP contribution in [0.1, 0.15) is 60.2 Å². The monoisotopic (exact) mass is 310 g/mol. The summed E-state index contributed by atoms with van der Waals surface area (Å²) in [5.41, 5.74) is 3.44. The summed E-state index contributed by atoms with van der Waals surface area (Å²) in [7, 11) is 0. The van der Waals surface area contributed by atoms with E-state index in [9.17, 15) is 4.79 Å². The molecule has 2 aromatic rings. The quantitative estimate of drug-likeness (QED) is 0.848. The van der Waals surface area contributed by atoms with Gasteiger partial charge >= 0.3 is 0 Å². The Labute approximate surface area is 136 Å². The minimum Gasteiger partial charge on any atom is -0.359 e. The van der Waals surface area contributed by atoms with Gasteiger partial charge in [-0.25, -0.2) is 0 Å². The van der Waals surface area contributed by atoms with Crippen molar-refractivity contribution < 1.29 is 9.32 Å². The molecule has 0 radical (unpaired) electrons. The fraction of sp³-hybridized carbons (Fsp3) is 0.474. The number of benzene rings is 1. The number of fused-ring (bicyclic) bond motifs is 1. The zero-order valence-corrected chi connectivity index (χ0v) is 13.5. The van der Waals surface area contributed by atoms with Crippen LogP contribution in [0.2, 0.25) is 0 Å². The van der Waals surface area contributed by atoms with E-state index in [0.29, 0.717) is 0 Å². The van der Waals surface area contributed by atoms with E-state index in [4.69, 9.17) is 4.52 Å². The lowest BCUT2D eigenvalue weighted by Crippen LogP contribution is -2.36.